The van der Waals surface area contributed by atoms with Gasteiger partial charge in [0.05, 0.1) is 6.61 Å². The molecule has 0 N–H and O–H groups in total. The zero-order valence-corrected chi connectivity index (χ0v) is 12.1. The molecule has 2 aromatic rings. The van der Waals surface area contributed by atoms with Crippen LogP contribution in [0.5, 0.6) is 11.5 Å². The van der Waals surface area contributed by atoms with Gasteiger partial charge in [0, 0.05) is 0 Å². The van der Waals surface area contributed by atoms with E-state index in [9.17, 15) is 0 Å². The lowest BCUT2D eigenvalue weighted by atomic mass is 9.96. The molecule has 1 heterocycles. The maximum absolute atomic E-state index is 6.13. The fourth-order valence-corrected chi connectivity index (χ4v) is 2.70. The molecule has 2 heteroatoms. The highest BCUT2D eigenvalue weighted by molar-refractivity contribution is 5.40. The van der Waals surface area contributed by atoms with Crippen molar-refractivity contribution in [3.63, 3.8) is 0 Å². The smallest absolute Gasteiger partial charge is 0.124 e. The van der Waals surface area contributed by atoms with E-state index >= 15 is 0 Å². The van der Waals surface area contributed by atoms with Crippen molar-refractivity contribution >= 4 is 0 Å². The lowest BCUT2D eigenvalue weighted by molar-refractivity contribution is 0.176. The Bertz CT molecular complexity index is 587. The van der Waals surface area contributed by atoms with Gasteiger partial charge in [0.25, 0.3) is 0 Å². The van der Waals surface area contributed by atoms with Gasteiger partial charge in [-0.3, -0.25) is 0 Å². The zero-order chi connectivity index (χ0) is 13.9. The van der Waals surface area contributed by atoms with Crippen LogP contribution in [0.2, 0.25) is 0 Å². The lowest BCUT2D eigenvalue weighted by Gasteiger charge is -2.26. The summed E-state index contributed by atoms with van der Waals surface area (Å²) in [5.41, 5.74) is 3.85. The molecule has 3 rings (SSSR count). The molecule has 0 fully saturated rings. The third-order valence-electron chi connectivity index (χ3n) is 3.72. The van der Waals surface area contributed by atoms with E-state index in [2.05, 4.69) is 37.3 Å². The van der Waals surface area contributed by atoms with Crippen LogP contribution in [-0.4, -0.2) is 6.61 Å². The van der Waals surface area contributed by atoms with Crippen LogP contribution in [0.15, 0.2) is 42.5 Å². The van der Waals surface area contributed by atoms with E-state index in [1.54, 1.807) is 0 Å². The highest BCUT2D eigenvalue weighted by Crippen LogP contribution is 2.35. The van der Waals surface area contributed by atoms with Gasteiger partial charge in [-0.2, -0.15) is 0 Å². The van der Waals surface area contributed by atoms with E-state index in [-0.39, 0.29) is 6.10 Å². The van der Waals surface area contributed by atoms with Gasteiger partial charge in [-0.1, -0.05) is 29.8 Å². The van der Waals surface area contributed by atoms with Crippen molar-refractivity contribution < 1.29 is 9.47 Å². The molecule has 1 aliphatic rings. The van der Waals surface area contributed by atoms with Gasteiger partial charge in [-0.25, -0.2) is 0 Å². The Labute approximate surface area is 120 Å². The highest BCUT2D eigenvalue weighted by atomic mass is 16.5. The Balaban J connectivity index is 1.77. The van der Waals surface area contributed by atoms with Crippen LogP contribution in [0.25, 0.3) is 0 Å². The number of fused-ring (bicyclic) bond motifs is 1. The highest BCUT2D eigenvalue weighted by Gasteiger charge is 2.21. The molecule has 0 spiro atoms. The molecule has 0 saturated heterocycles. The quantitative estimate of drug-likeness (QED) is 0.818. The predicted octanol–water partition coefficient (Wildman–Crippen LogP) is 4.46. The van der Waals surface area contributed by atoms with Gasteiger partial charge in [-0.05, 0) is 56.0 Å². The first-order valence-corrected chi connectivity index (χ1v) is 7.25. The number of hydrogen-bond acceptors (Lipinski definition) is 2. The molecule has 0 saturated carbocycles. The van der Waals surface area contributed by atoms with Crippen LogP contribution < -0.4 is 9.47 Å². The largest absolute Gasteiger partial charge is 0.494 e. The molecule has 104 valence electrons. The Kier molecular flexibility index (Phi) is 3.64. The fraction of sp³-hybridized carbons (Fsp3) is 0.333. The Hall–Kier alpha value is -1.96. The second-order valence-corrected chi connectivity index (χ2v) is 5.26. The first kappa shape index (κ1) is 13.0. The van der Waals surface area contributed by atoms with Crippen LogP contribution in [-0.2, 0) is 6.42 Å². The van der Waals surface area contributed by atoms with E-state index in [1.807, 2.05) is 19.1 Å². The number of rotatable bonds is 3. The summed E-state index contributed by atoms with van der Waals surface area (Å²) in [6.07, 6.45) is 2.26. The number of ether oxygens (including phenoxy) is 2. The first-order valence-electron chi connectivity index (χ1n) is 7.25. The summed E-state index contributed by atoms with van der Waals surface area (Å²) >= 11 is 0. The van der Waals surface area contributed by atoms with Gasteiger partial charge in [0.15, 0.2) is 0 Å². The molecule has 2 aromatic carbocycles. The van der Waals surface area contributed by atoms with Crippen molar-refractivity contribution in [3.05, 3.63) is 59.2 Å². The van der Waals surface area contributed by atoms with Crippen molar-refractivity contribution in [2.45, 2.75) is 32.8 Å². The average Bonchev–Trinajstić information content (AvgIpc) is 2.48. The zero-order valence-electron chi connectivity index (χ0n) is 12.1. The van der Waals surface area contributed by atoms with Crippen molar-refractivity contribution in [1.82, 2.24) is 0 Å². The Morgan fingerprint density at radius 3 is 2.70 bits per heavy atom. The molecule has 20 heavy (non-hydrogen) atoms. The first-order chi connectivity index (χ1) is 9.76. The third-order valence-corrected chi connectivity index (χ3v) is 3.72. The molecule has 1 unspecified atom stereocenters. The van der Waals surface area contributed by atoms with Gasteiger partial charge >= 0.3 is 0 Å². The van der Waals surface area contributed by atoms with Crippen molar-refractivity contribution in [2.75, 3.05) is 6.61 Å². The maximum Gasteiger partial charge on any atom is 0.124 e. The van der Waals surface area contributed by atoms with Gasteiger partial charge in [0.2, 0.25) is 0 Å². The maximum atomic E-state index is 6.13. The molecule has 0 amide bonds. The van der Waals surface area contributed by atoms with Gasteiger partial charge in [0.1, 0.15) is 17.6 Å². The summed E-state index contributed by atoms with van der Waals surface area (Å²) in [5.74, 6) is 1.95. The van der Waals surface area contributed by atoms with E-state index in [4.69, 9.17) is 9.47 Å². The topological polar surface area (TPSA) is 18.5 Å². The number of hydrogen-bond donors (Lipinski definition) is 0. The summed E-state index contributed by atoms with van der Waals surface area (Å²) < 4.78 is 11.6. The predicted molar refractivity (Wildman–Crippen MR) is 80.5 cm³/mol. The molecule has 0 aromatic heterocycles. The number of benzene rings is 2. The van der Waals surface area contributed by atoms with Gasteiger partial charge < -0.3 is 9.47 Å². The summed E-state index contributed by atoms with van der Waals surface area (Å²) in [6, 6.07) is 14.7. The van der Waals surface area contributed by atoms with Crippen molar-refractivity contribution in [1.29, 1.82) is 0 Å². The van der Waals surface area contributed by atoms with Gasteiger partial charge in [-0.15, -0.1) is 0 Å². The van der Waals surface area contributed by atoms with Crippen LogP contribution in [0.4, 0.5) is 0 Å². The van der Waals surface area contributed by atoms with E-state index < -0.39 is 0 Å². The minimum absolute atomic E-state index is 0.154. The summed E-state index contributed by atoms with van der Waals surface area (Å²) in [7, 11) is 0. The molecular formula is C18H20O2. The SMILES string of the molecule is CCOc1ccc(C2CCc3cc(C)ccc3O2)cc1. The van der Waals surface area contributed by atoms with Crippen LogP contribution in [0.3, 0.4) is 0 Å². The second kappa shape index (κ2) is 5.58. The second-order valence-electron chi connectivity index (χ2n) is 5.26. The van der Waals surface area contributed by atoms with E-state index in [0.717, 1.165) is 24.3 Å². The molecule has 0 aliphatic carbocycles. The molecule has 0 bridgehead atoms. The minimum Gasteiger partial charge on any atom is -0.494 e. The number of aryl methyl sites for hydroxylation is 2. The van der Waals surface area contributed by atoms with Crippen LogP contribution in [0.1, 0.15) is 36.1 Å². The van der Waals surface area contributed by atoms with Crippen LogP contribution in [0, 0.1) is 6.92 Å². The monoisotopic (exact) mass is 268 g/mol. The van der Waals surface area contributed by atoms with E-state index in [0.29, 0.717) is 6.61 Å². The molecule has 2 nitrogen and oxygen atoms in total. The molecule has 0 radical (unpaired) electrons. The summed E-state index contributed by atoms with van der Waals surface area (Å²) in [6.45, 7) is 4.82. The third kappa shape index (κ3) is 2.64. The summed E-state index contributed by atoms with van der Waals surface area (Å²) in [5, 5.41) is 0. The van der Waals surface area contributed by atoms with Crippen LogP contribution >= 0.6 is 0 Å². The van der Waals surface area contributed by atoms with Crippen molar-refractivity contribution in [3.8, 4) is 11.5 Å². The standard InChI is InChI=1S/C18H20O2/c1-3-19-16-8-5-14(6-9-16)17-11-7-15-12-13(2)4-10-18(15)20-17/h4-6,8-10,12,17H,3,7,11H2,1-2H3. The molecule has 1 aliphatic heterocycles. The summed E-state index contributed by atoms with van der Waals surface area (Å²) in [4.78, 5) is 0. The molecule has 1 atom stereocenters. The lowest BCUT2D eigenvalue weighted by Crippen LogP contribution is -2.15. The van der Waals surface area contributed by atoms with E-state index in [1.165, 1.54) is 16.7 Å². The Morgan fingerprint density at radius 2 is 1.95 bits per heavy atom. The average molecular weight is 268 g/mol. The minimum atomic E-state index is 0.154. The normalized spacial score (nSPS) is 17.2. The molecular weight excluding hydrogens is 248 g/mol. The fourth-order valence-electron chi connectivity index (χ4n) is 2.70. The van der Waals surface area contributed by atoms with Crippen molar-refractivity contribution in [2.24, 2.45) is 0 Å². The Morgan fingerprint density at radius 1 is 1.15 bits per heavy atom.